The summed E-state index contributed by atoms with van der Waals surface area (Å²) in [5.41, 5.74) is 7.57. The highest BCUT2D eigenvalue weighted by Crippen LogP contribution is 2.20. The lowest BCUT2D eigenvalue weighted by Gasteiger charge is -2.33. The van der Waals surface area contributed by atoms with Gasteiger partial charge in [-0.25, -0.2) is 0 Å². The maximum absolute atomic E-state index is 12.2. The van der Waals surface area contributed by atoms with Crippen LogP contribution in [0.4, 0.5) is 0 Å². The molecule has 1 unspecified atom stereocenters. The zero-order valence-corrected chi connectivity index (χ0v) is 9.65. The SMILES string of the molecule is CC(CCN)N1CCc2ccccc2C1=O. The molecule has 1 aromatic carbocycles. The molecule has 0 spiro atoms. The van der Waals surface area contributed by atoms with Crippen LogP contribution >= 0.6 is 0 Å². The number of nitrogens with zero attached hydrogens (tertiary/aromatic N) is 1. The van der Waals surface area contributed by atoms with Crippen LogP contribution in [-0.4, -0.2) is 29.9 Å². The van der Waals surface area contributed by atoms with Crippen molar-refractivity contribution in [3.8, 4) is 0 Å². The summed E-state index contributed by atoms with van der Waals surface area (Å²) in [6.07, 6.45) is 1.82. The van der Waals surface area contributed by atoms with E-state index in [4.69, 9.17) is 5.73 Å². The molecule has 1 amide bonds. The normalized spacial score (nSPS) is 17.1. The van der Waals surface area contributed by atoms with Crippen molar-refractivity contribution in [2.24, 2.45) is 5.73 Å². The van der Waals surface area contributed by atoms with Crippen LogP contribution in [0, 0.1) is 0 Å². The van der Waals surface area contributed by atoms with Gasteiger partial charge in [0.15, 0.2) is 0 Å². The zero-order valence-electron chi connectivity index (χ0n) is 9.65. The smallest absolute Gasteiger partial charge is 0.254 e. The second-order valence-corrected chi connectivity index (χ2v) is 4.33. The lowest BCUT2D eigenvalue weighted by molar-refractivity contribution is 0.0668. The van der Waals surface area contributed by atoms with Crippen LogP contribution in [0.5, 0.6) is 0 Å². The molecule has 0 saturated carbocycles. The molecule has 3 heteroatoms. The summed E-state index contributed by atoms with van der Waals surface area (Å²) in [6, 6.07) is 8.11. The summed E-state index contributed by atoms with van der Waals surface area (Å²) in [7, 11) is 0. The van der Waals surface area contributed by atoms with Crippen LogP contribution in [-0.2, 0) is 6.42 Å². The van der Waals surface area contributed by atoms with E-state index in [1.54, 1.807) is 0 Å². The van der Waals surface area contributed by atoms with Crippen molar-refractivity contribution in [3.05, 3.63) is 35.4 Å². The number of hydrogen-bond donors (Lipinski definition) is 1. The number of fused-ring (bicyclic) bond motifs is 1. The number of benzene rings is 1. The molecule has 0 aliphatic carbocycles. The first-order chi connectivity index (χ1) is 7.74. The fourth-order valence-electron chi connectivity index (χ4n) is 2.26. The van der Waals surface area contributed by atoms with Crippen molar-refractivity contribution in [2.45, 2.75) is 25.8 Å². The number of rotatable bonds is 3. The van der Waals surface area contributed by atoms with Crippen molar-refractivity contribution in [3.63, 3.8) is 0 Å². The van der Waals surface area contributed by atoms with Crippen LogP contribution in [0.2, 0.25) is 0 Å². The van der Waals surface area contributed by atoms with Gasteiger partial charge in [-0.3, -0.25) is 4.79 Å². The molecule has 16 heavy (non-hydrogen) atoms. The number of nitrogens with two attached hydrogens (primary N) is 1. The van der Waals surface area contributed by atoms with E-state index in [2.05, 4.69) is 6.92 Å². The van der Waals surface area contributed by atoms with Gasteiger partial charge in [0.25, 0.3) is 5.91 Å². The lowest BCUT2D eigenvalue weighted by atomic mass is 9.97. The molecule has 0 radical (unpaired) electrons. The molecular weight excluding hydrogens is 200 g/mol. The molecule has 1 aromatic rings. The predicted octanol–water partition coefficient (Wildman–Crippen LogP) is 1.42. The van der Waals surface area contributed by atoms with Gasteiger partial charge >= 0.3 is 0 Å². The van der Waals surface area contributed by atoms with Gasteiger partial charge in [0.05, 0.1) is 0 Å². The molecule has 86 valence electrons. The van der Waals surface area contributed by atoms with E-state index in [1.807, 2.05) is 29.2 Å². The van der Waals surface area contributed by atoms with E-state index in [0.717, 1.165) is 24.9 Å². The molecule has 0 saturated heterocycles. The minimum atomic E-state index is 0.155. The Hall–Kier alpha value is -1.35. The second-order valence-electron chi connectivity index (χ2n) is 4.33. The maximum atomic E-state index is 12.2. The van der Waals surface area contributed by atoms with Crippen LogP contribution < -0.4 is 5.73 Å². The molecule has 3 nitrogen and oxygen atoms in total. The molecule has 0 bridgehead atoms. The van der Waals surface area contributed by atoms with Gasteiger partial charge in [-0.05, 0) is 37.9 Å². The van der Waals surface area contributed by atoms with E-state index in [0.29, 0.717) is 6.54 Å². The van der Waals surface area contributed by atoms with Gasteiger partial charge in [0.2, 0.25) is 0 Å². The Morgan fingerprint density at radius 1 is 1.44 bits per heavy atom. The second kappa shape index (κ2) is 4.66. The molecule has 1 aliphatic heterocycles. The molecule has 1 heterocycles. The number of hydrogen-bond acceptors (Lipinski definition) is 2. The number of carbonyl (C=O) groups excluding carboxylic acids is 1. The monoisotopic (exact) mass is 218 g/mol. The minimum Gasteiger partial charge on any atom is -0.336 e. The highest BCUT2D eigenvalue weighted by Gasteiger charge is 2.26. The van der Waals surface area contributed by atoms with Crippen LogP contribution in [0.1, 0.15) is 29.3 Å². The van der Waals surface area contributed by atoms with Gasteiger partial charge in [0.1, 0.15) is 0 Å². The van der Waals surface area contributed by atoms with Crippen molar-refractivity contribution < 1.29 is 4.79 Å². The molecular formula is C13H18N2O. The Morgan fingerprint density at radius 2 is 2.19 bits per heavy atom. The summed E-state index contributed by atoms with van der Waals surface area (Å²) >= 11 is 0. The van der Waals surface area contributed by atoms with E-state index in [-0.39, 0.29) is 11.9 Å². The molecule has 2 N–H and O–H groups in total. The molecule has 1 atom stereocenters. The highest BCUT2D eigenvalue weighted by molar-refractivity contribution is 5.96. The molecule has 2 rings (SSSR count). The van der Waals surface area contributed by atoms with Crippen molar-refractivity contribution in [1.82, 2.24) is 4.90 Å². The molecule has 1 aliphatic rings. The first-order valence-electron chi connectivity index (χ1n) is 5.83. The predicted molar refractivity (Wildman–Crippen MR) is 64.3 cm³/mol. The average molecular weight is 218 g/mol. The Labute approximate surface area is 96.2 Å². The largest absolute Gasteiger partial charge is 0.336 e. The third-order valence-electron chi connectivity index (χ3n) is 3.25. The third-order valence-corrected chi connectivity index (χ3v) is 3.25. The Morgan fingerprint density at radius 3 is 2.94 bits per heavy atom. The average Bonchev–Trinajstić information content (AvgIpc) is 2.30. The number of amides is 1. The minimum absolute atomic E-state index is 0.155. The van der Waals surface area contributed by atoms with E-state index >= 15 is 0 Å². The number of carbonyl (C=O) groups is 1. The van der Waals surface area contributed by atoms with E-state index in [1.165, 1.54) is 5.56 Å². The van der Waals surface area contributed by atoms with Gasteiger partial charge in [0, 0.05) is 18.2 Å². The summed E-state index contributed by atoms with van der Waals surface area (Å²) in [6.45, 7) is 3.52. The van der Waals surface area contributed by atoms with Crippen molar-refractivity contribution in [2.75, 3.05) is 13.1 Å². The van der Waals surface area contributed by atoms with Crippen molar-refractivity contribution in [1.29, 1.82) is 0 Å². The van der Waals surface area contributed by atoms with Gasteiger partial charge in [-0.2, -0.15) is 0 Å². The van der Waals surface area contributed by atoms with E-state index in [9.17, 15) is 4.79 Å². The van der Waals surface area contributed by atoms with Crippen LogP contribution in [0.25, 0.3) is 0 Å². The topological polar surface area (TPSA) is 46.3 Å². The maximum Gasteiger partial charge on any atom is 0.254 e. The lowest BCUT2D eigenvalue weighted by Crippen LogP contribution is -2.44. The van der Waals surface area contributed by atoms with Gasteiger partial charge in [-0.1, -0.05) is 18.2 Å². The van der Waals surface area contributed by atoms with Gasteiger partial charge in [-0.15, -0.1) is 0 Å². The Balaban J connectivity index is 2.21. The third kappa shape index (κ3) is 1.95. The molecule has 0 aromatic heterocycles. The fraction of sp³-hybridized carbons (Fsp3) is 0.462. The first kappa shape index (κ1) is 11.1. The van der Waals surface area contributed by atoms with Crippen LogP contribution in [0.3, 0.4) is 0 Å². The Bertz CT molecular complexity index is 389. The quantitative estimate of drug-likeness (QED) is 0.834. The first-order valence-corrected chi connectivity index (χ1v) is 5.83. The van der Waals surface area contributed by atoms with Crippen molar-refractivity contribution >= 4 is 5.91 Å². The summed E-state index contributed by atoms with van der Waals surface area (Å²) < 4.78 is 0. The summed E-state index contributed by atoms with van der Waals surface area (Å²) in [5, 5.41) is 0. The molecule has 0 fully saturated rings. The van der Waals surface area contributed by atoms with Crippen LogP contribution in [0.15, 0.2) is 24.3 Å². The summed E-state index contributed by atoms with van der Waals surface area (Å²) in [4.78, 5) is 14.2. The van der Waals surface area contributed by atoms with Gasteiger partial charge < -0.3 is 10.6 Å². The highest BCUT2D eigenvalue weighted by atomic mass is 16.2. The Kier molecular flexibility index (Phi) is 3.25. The standard InChI is InChI=1S/C13H18N2O/c1-10(6-8-14)15-9-7-11-4-2-3-5-12(11)13(15)16/h2-5,10H,6-9,14H2,1H3. The summed E-state index contributed by atoms with van der Waals surface area (Å²) in [5.74, 6) is 0.155. The fourth-order valence-corrected chi connectivity index (χ4v) is 2.26. The zero-order chi connectivity index (χ0) is 11.5. The van der Waals surface area contributed by atoms with E-state index < -0.39 is 0 Å².